The van der Waals surface area contributed by atoms with E-state index >= 15 is 0 Å². The number of carbonyl (C=O) groups is 2. The van der Waals surface area contributed by atoms with Gasteiger partial charge in [-0.05, 0) is 30.7 Å². The van der Waals surface area contributed by atoms with Crippen LogP contribution in [0.2, 0.25) is 0 Å². The van der Waals surface area contributed by atoms with Gasteiger partial charge in [0.2, 0.25) is 5.91 Å². The molecule has 4 nitrogen and oxygen atoms in total. The van der Waals surface area contributed by atoms with Crippen molar-refractivity contribution >= 4 is 23.2 Å². The van der Waals surface area contributed by atoms with Gasteiger partial charge in [0, 0.05) is 11.4 Å². The van der Waals surface area contributed by atoms with Crippen molar-refractivity contribution < 1.29 is 14.3 Å². The molecule has 0 bridgehead atoms. The summed E-state index contributed by atoms with van der Waals surface area (Å²) in [6, 6.07) is 3.48. The molecule has 1 saturated heterocycles. The molecule has 0 aliphatic carbocycles. The van der Waals surface area contributed by atoms with E-state index in [4.69, 9.17) is 4.74 Å². The Morgan fingerprint density at radius 3 is 3.00 bits per heavy atom. The highest BCUT2D eigenvalue weighted by Gasteiger charge is 2.32. The second kappa shape index (κ2) is 6.00. The maximum absolute atomic E-state index is 12.2. The zero-order valence-electron chi connectivity index (χ0n) is 10.4. The van der Waals surface area contributed by atoms with Gasteiger partial charge in [-0.2, -0.15) is 0 Å². The topological polar surface area (TPSA) is 46.6 Å². The Morgan fingerprint density at radius 2 is 2.33 bits per heavy atom. The van der Waals surface area contributed by atoms with E-state index in [0.29, 0.717) is 19.4 Å². The van der Waals surface area contributed by atoms with E-state index in [1.165, 1.54) is 7.11 Å². The molecule has 0 aromatic carbocycles. The summed E-state index contributed by atoms with van der Waals surface area (Å²) < 4.78 is 4.78. The second-order valence-electron chi connectivity index (χ2n) is 4.38. The number of amides is 1. The smallest absolute Gasteiger partial charge is 0.328 e. The van der Waals surface area contributed by atoms with Crippen molar-refractivity contribution in [2.45, 2.75) is 31.7 Å². The number of rotatable bonds is 3. The summed E-state index contributed by atoms with van der Waals surface area (Å²) in [6.07, 6.45) is 3.03. The maximum atomic E-state index is 12.2. The monoisotopic (exact) mass is 267 g/mol. The fraction of sp³-hybridized carbons (Fsp3) is 0.538. The van der Waals surface area contributed by atoms with Crippen molar-refractivity contribution in [3.63, 3.8) is 0 Å². The van der Waals surface area contributed by atoms with Gasteiger partial charge in [0.15, 0.2) is 0 Å². The predicted molar refractivity (Wildman–Crippen MR) is 69.4 cm³/mol. The number of methoxy groups -OCH3 is 1. The number of ether oxygens (including phenoxy) is 1. The Balaban J connectivity index is 2.04. The Kier molecular flexibility index (Phi) is 4.36. The number of carbonyl (C=O) groups excluding carboxylic acids is 2. The molecular formula is C13H17NO3S. The Hall–Kier alpha value is -1.36. The van der Waals surface area contributed by atoms with E-state index in [9.17, 15) is 9.59 Å². The molecule has 1 unspecified atom stereocenters. The third-order valence-electron chi connectivity index (χ3n) is 3.20. The number of esters is 1. The summed E-state index contributed by atoms with van der Waals surface area (Å²) in [5.41, 5.74) is 0. The molecular weight excluding hydrogens is 250 g/mol. The fourth-order valence-corrected chi connectivity index (χ4v) is 2.97. The largest absolute Gasteiger partial charge is 0.467 e. The average Bonchev–Trinajstić information content (AvgIpc) is 2.90. The van der Waals surface area contributed by atoms with Gasteiger partial charge >= 0.3 is 5.97 Å². The lowest BCUT2D eigenvalue weighted by Crippen LogP contribution is -2.48. The molecule has 1 aliphatic rings. The number of piperidine rings is 1. The van der Waals surface area contributed by atoms with E-state index in [2.05, 4.69) is 0 Å². The first-order chi connectivity index (χ1) is 8.72. The second-order valence-corrected chi connectivity index (χ2v) is 5.41. The summed E-state index contributed by atoms with van der Waals surface area (Å²) in [5, 5.41) is 1.95. The molecule has 1 aliphatic heterocycles. The zero-order valence-corrected chi connectivity index (χ0v) is 11.2. The molecule has 0 N–H and O–H groups in total. The summed E-state index contributed by atoms with van der Waals surface area (Å²) in [6.45, 7) is 0.657. The highest BCUT2D eigenvalue weighted by Crippen LogP contribution is 2.20. The molecule has 1 amide bonds. The third-order valence-corrected chi connectivity index (χ3v) is 4.08. The summed E-state index contributed by atoms with van der Waals surface area (Å²) in [5.74, 6) is -0.276. The Bertz CT molecular complexity index is 416. The number of hydrogen-bond acceptors (Lipinski definition) is 4. The standard InChI is InChI=1S/C13H17NO3S/c1-17-13(16)11-6-2-3-7-14(11)12(15)9-10-5-4-8-18-10/h4-5,8,11H,2-3,6-7,9H2,1H3. The normalized spacial score (nSPS) is 19.6. The van der Waals surface area contributed by atoms with Crippen LogP contribution in [0, 0.1) is 0 Å². The minimum atomic E-state index is -0.392. The van der Waals surface area contributed by atoms with Gasteiger partial charge in [0.25, 0.3) is 0 Å². The van der Waals surface area contributed by atoms with E-state index < -0.39 is 6.04 Å². The van der Waals surface area contributed by atoms with Gasteiger partial charge in [0.1, 0.15) is 6.04 Å². The quantitative estimate of drug-likeness (QED) is 0.785. The van der Waals surface area contributed by atoms with Gasteiger partial charge in [0.05, 0.1) is 13.5 Å². The average molecular weight is 267 g/mol. The molecule has 1 aromatic rings. The lowest BCUT2D eigenvalue weighted by atomic mass is 10.0. The highest BCUT2D eigenvalue weighted by atomic mass is 32.1. The lowest BCUT2D eigenvalue weighted by molar-refractivity contribution is -0.154. The molecule has 1 atom stereocenters. The van der Waals surface area contributed by atoms with Crippen LogP contribution in [0.4, 0.5) is 0 Å². The van der Waals surface area contributed by atoms with Crippen molar-refractivity contribution in [3.8, 4) is 0 Å². The molecule has 0 spiro atoms. The van der Waals surface area contributed by atoms with E-state index in [0.717, 1.165) is 17.7 Å². The van der Waals surface area contributed by atoms with E-state index in [1.54, 1.807) is 16.2 Å². The summed E-state index contributed by atoms with van der Waals surface area (Å²) in [4.78, 5) is 26.6. The van der Waals surface area contributed by atoms with Crippen molar-refractivity contribution in [2.24, 2.45) is 0 Å². The zero-order chi connectivity index (χ0) is 13.0. The minimum Gasteiger partial charge on any atom is -0.467 e. The van der Waals surface area contributed by atoms with Gasteiger partial charge in [-0.15, -0.1) is 11.3 Å². The Morgan fingerprint density at radius 1 is 1.50 bits per heavy atom. The van der Waals surface area contributed by atoms with Gasteiger partial charge < -0.3 is 9.64 Å². The van der Waals surface area contributed by atoms with Crippen LogP contribution in [-0.4, -0.2) is 36.5 Å². The first-order valence-corrected chi connectivity index (χ1v) is 7.00. The highest BCUT2D eigenvalue weighted by molar-refractivity contribution is 7.10. The van der Waals surface area contributed by atoms with E-state index in [-0.39, 0.29) is 11.9 Å². The molecule has 1 fully saturated rings. The SMILES string of the molecule is COC(=O)C1CCCCN1C(=O)Cc1cccs1. The molecule has 98 valence electrons. The molecule has 0 radical (unpaired) electrons. The molecule has 5 heteroatoms. The van der Waals surface area contributed by atoms with Crippen molar-refractivity contribution in [1.82, 2.24) is 4.90 Å². The van der Waals surface area contributed by atoms with Crippen LogP contribution in [0.3, 0.4) is 0 Å². The van der Waals surface area contributed by atoms with Gasteiger partial charge in [-0.3, -0.25) is 4.79 Å². The van der Waals surface area contributed by atoms with Gasteiger partial charge in [-0.25, -0.2) is 4.79 Å². The molecule has 1 aromatic heterocycles. The number of hydrogen-bond donors (Lipinski definition) is 0. The van der Waals surface area contributed by atoms with Crippen LogP contribution >= 0.6 is 11.3 Å². The van der Waals surface area contributed by atoms with Crippen LogP contribution in [-0.2, 0) is 20.7 Å². The van der Waals surface area contributed by atoms with Crippen molar-refractivity contribution in [3.05, 3.63) is 22.4 Å². The summed E-state index contributed by atoms with van der Waals surface area (Å²) in [7, 11) is 1.37. The van der Waals surface area contributed by atoms with E-state index in [1.807, 2.05) is 17.5 Å². The Labute approximate surface area is 111 Å². The number of thiophene rings is 1. The molecule has 2 heterocycles. The molecule has 18 heavy (non-hydrogen) atoms. The van der Waals surface area contributed by atoms with Crippen LogP contribution in [0.25, 0.3) is 0 Å². The predicted octanol–water partition coefficient (Wildman–Crippen LogP) is 1.84. The molecule has 2 rings (SSSR count). The first-order valence-electron chi connectivity index (χ1n) is 6.12. The van der Waals surface area contributed by atoms with Crippen molar-refractivity contribution in [1.29, 1.82) is 0 Å². The van der Waals surface area contributed by atoms with Crippen LogP contribution in [0.15, 0.2) is 17.5 Å². The number of likely N-dealkylation sites (tertiary alicyclic amines) is 1. The van der Waals surface area contributed by atoms with Crippen LogP contribution in [0.1, 0.15) is 24.1 Å². The third kappa shape index (κ3) is 2.90. The number of nitrogens with zero attached hydrogens (tertiary/aromatic N) is 1. The maximum Gasteiger partial charge on any atom is 0.328 e. The molecule has 0 saturated carbocycles. The fourth-order valence-electron chi connectivity index (χ4n) is 2.27. The van der Waals surface area contributed by atoms with Crippen molar-refractivity contribution in [2.75, 3.05) is 13.7 Å². The minimum absolute atomic E-state index is 0.0209. The first kappa shape index (κ1) is 13.1. The van der Waals surface area contributed by atoms with Gasteiger partial charge in [-0.1, -0.05) is 6.07 Å². The lowest BCUT2D eigenvalue weighted by Gasteiger charge is -2.33. The summed E-state index contributed by atoms with van der Waals surface area (Å²) >= 11 is 1.57. The van der Waals surface area contributed by atoms with Crippen LogP contribution in [0.5, 0.6) is 0 Å². The van der Waals surface area contributed by atoms with Crippen LogP contribution < -0.4 is 0 Å².